The number of hydrogen-bond donors (Lipinski definition) is 1. The van der Waals surface area contributed by atoms with Crippen LogP contribution in [0.5, 0.6) is 5.75 Å². The zero-order chi connectivity index (χ0) is 24.3. The molecule has 1 aromatic carbocycles. The summed E-state index contributed by atoms with van der Waals surface area (Å²) in [5, 5.41) is 3.33. The smallest absolute Gasteiger partial charge is 0.311 e. The van der Waals surface area contributed by atoms with Crippen LogP contribution in [0.3, 0.4) is 0 Å². The molecule has 1 N–H and O–H groups in total. The minimum absolute atomic E-state index is 0.0623. The summed E-state index contributed by atoms with van der Waals surface area (Å²) in [5.74, 6) is 3.43. The number of esters is 1. The van der Waals surface area contributed by atoms with E-state index in [1.54, 1.807) is 0 Å². The maximum Gasteiger partial charge on any atom is 0.311 e. The van der Waals surface area contributed by atoms with Crippen LogP contribution >= 0.6 is 0 Å². The molecule has 1 aliphatic heterocycles. The molecule has 1 aromatic rings. The van der Waals surface area contributed by atoms with Gasteiger partial charge in [0.25, 0.3) is 0 Å². The average molecular weight is 466 g/mol. The van der Waals surface area contributed by atoms with Crippen LogP contribution in [-0.4, -0.2) is 17.9 Å². The normalized spacial score (nSPS) is 39.4. The largest absolute Gasteiger partial charge is 0.426 e. The molecule has 0 aromatic heterocycles. The molecule has 1 amide bonds. The fourth-order valence-electron chi connectivity index (χ4n) is 8.69. The molecule has 0 unspecified atom stereocenters. The van der Waals surface area contributed by atoms with Crippen molar-refractivity contribution in [2.24, 2.45) is 34.5 Å². The number of ether oxygens (including phenoxy) is 1. The number of carbonyl (C=O) groups excluding carboxylic acids is 2. The SMILES string of the molecule is CC(C)(C)c1ccccc1OC(=O)C[C@H]1CC[C@H]2[C@@H]3CC[C@H]4NC(=O)CC[C@]4(C)[C@H]3CC[C@]12C. The molecule has 3 aliphatic carbocycles. The summed E-state index contributed by atoms with van der Waals surface area (Å²) in [6, 6.07) is 8.34. The molecule has 4 nitrogen and oxygen atoms in total. The van der Waals surface area contributed by atoms with Gasteiger partial charge in [0.15, 0.2) is 0 Å². The zero-order valence-corrected chi connectivity index (χ0v) is 21.8. The van der Waals surface area contributed by atoms with Gasteiger partial charge in [0.1, 0.15) is 5.75 Å². The van der Waals surface area contributed by atoms with E-state index in [0.29, 0.717) is 42.4 Å². The fourth-order valence-corrected chi connectivity index (χ4v) is 8.69. The predicted octanol–water partition coefficient (Wildman–Crippen LogP) is 6.42. The van der Waals surface area contributed by atoms with Gasteiger partial charge in [-0.3, -0.25) is 9.59 Å². The van der Waals surface area contributed by atoms with Crippen molar-refractivity contribution in [2.45, 2.75) is 104 Å². The summed E-state index contributed by atoms with van der Waals surface area (Å²) < 4.78 is 5.98. The van der Waals surface area contributed by atoms with Gasteiger partial charge in [-0.2, -0.15) is 0 Å². The Morgan fingerprint density at radius 1 is 1.00 bits per heavy atom. The third kappa shape index (κ3) is 3.89. The van der Waals surface area contributed by atoms with E-state index in [0.717, 1.165) is 30.7 Å². The number of para-hydroxylation sites is 1. The first-order valence-electron chi connectivity index (χ1n) is 13.6. The summed E-state index contributed by atoms with van der Waals surface area (Å²) in [7, 11) is 0. The molecule has 34 heavy (non-hydrogen) atoms. The summed E-state index contributed by atoms with van der Waals surface area (Å²) in [6.07, 6.45) is 9.40. The van der Waals surface area contributed by atoms with Crippen LogP contribution in [0.2, 0.25) is 0 Å². The molecular formula is C30H43NO3. The van der Waals surface area contributed by atoms with Crippen LogP contribution in [0.15, 0.2) is 24.3 Å². The number of rotatable bonds is 3. The lowest BCUT2D eigenvalue weighted by Crippen LogP contribution is -2.61. The topological polar surface area (TPSA) is 55.4 Å². The Morgan fingerprint density at radius 2 is 1.74 bits per heavy atom. The van der Waals surface area contributed by atoms with Crippen molar-refractivity contribution in [2.75, 3.05) is 0 Å². The molecule has 1 saturated heterocycles. The lowest BCUT2D eigenvalue weighted by molar-refractivity contribution is -0.140. The van der Waals surface area contributed by atoms with Crippen molar-refractivity contribution in [1.82, 2.24) is 5.32 Å². The van der Waals surface area contributed by atoms with Gasteiger partial charge in [-0.15, -0.1) is 0 Å². The first-order chi connectivity index (χ1) is 16.0. The summed E-state index contributed by atoms with van der Waals surface area (Å²) >= 11 is 0. The second-order valence-electron chi connectivity index (χ2n) is 13.3. The highest BCUT2D eigenvalue weighted by Gasteiger charge is 2.60. The molecule has 4 aliphatic rings. The molecule has 186 valence electrons. The van der Waals surface area contributed by atoms with Crippen LogP contribution in [0.4, 0.5) is 0 Å². The lowest BCUT2D eigenvalue weighted by atomic mass is 9.47. The van der Waals surface area contributed by atoms with Crippen LogP contribution < -0.4 is 10.1 Å². The van der Waals surface area contributed by atoms with Crippen molar-refractivity contribution < 1.29 is 14.3 Å². The lowest BCUT2D eigenvalue weighted by Gasteiger charge is -2.60. The maximum absolute atomic E-state index is 13.2. The monoisotopic (exact) mass is 465 g/mol. The van der Waals surface area contributed by atoms with Gasteiger partial charge in [0.05, 0.1) is 0 Å². The Kier molecular flexibility index (Phi) is 5.89. The average Bonchev–Trinajstić information content (AvgIpc) is 3.10. The van der Waals surface area contributed by atoms with Crippen molar-refractivity contribution in [1.29, 1.82) is 0 Å². The second kappa shape index (κ2) is 8.38. The highest BCUT2D eigenvalue weighted by molar-refractivity contribution is 5.77. The van der Waals surface area contributed by atoms with Gasteiger partial charge in [-0.1, -0.05) is 52.8 Å². The maximum atomic E-state index is 13.2. The van der Waals surface area contributed by atoms with Crippen LogP contribution in [0.1, 0.15) is 98.0 Å². The highest BCUT2D eigenvalue weighted by Crippen LogP contribution is 2.66. The van der Waals surface area contributed by atoms with Crippen LogP contribution in [-0.2, 0) is 15.0 Å². The van der Waals surface area contributed by atoms with E-state index in [1.165, 1.54) is 25.7 Å². The highest BCUT2D eigenvalue weighted by atomic mass is 16.5. The van der Waals surface area contributed by atoms with Gasteiger partial charge in [0, 0.05) is 24.4 Å². The first-order valence-corrected chi connectivity index (χ1v) is 13.6. The number of hydrogen-bond acceptors (Lipinski definition) is 3. The molecule has 0 spiro atoms. The van der Waals surface area contributed by atoms with E-state index < -0.39 is 0 Å². The first kappa shape index (κ1) is 23.9. The molecule has 0 radical (unpaired) electrons. The molecule has 7 atom stereocenters. The number of carbonyl (C=O) groups is 2. The minimum atomic E-state index is -0.0728. The summed E-state index contributed by atoms with van der Waals surface area (Å²) in [5.41, 5.74) is 1.49. The molecule has 3 saturated carbocycles. The Morgan fingerprint density at radius 3 is 2.50 bits per heavy atom. The van der Waals surface area contributed by atoms with Gasteiger partial charge >= 0.3 is 5.97 Å². The van der Waals surface area contributed by atoms with E-state index in [1.807, 2.05) is 18.2 Å². The Balaban J connectivity index is 1.29. The number of fused-ring (bicyclic) bond motifs is 5. The molecule has 0 bridgehead atoms. The van der Waals surface area contributed by atoms with Crippen molar-refractivity contribution in [3.63, 3.8) is 0 Å². The third-order valence-electron chi connectivity index (χ3n) is 10.6. The van der Waals surface area contributed by atoms with Gasteiger partial charge in [-0.25, -0.2) is 0 Å². The number of amides is 1. The predicted molar refractivity (Wildman–Crippen MR) is 134 cm³/mol. The number of benzene rings is 1. The molecule has 1 heterocycles. The quantitative estimate of drug-likeness (QED) is 0.414. The second-order valence-corrected chi connectivity index (χ2v) is 13.3. The van der Waals surface area contributed by atoms with Crippen molar-refractivity contribution in [3.8, 4) is 5.75 Å². The number of nitrogens with one attached hydrogen (secondary N) is 1. The zero-order valence-electron chi connectivity index (χ0n) is 21.8. The Hall–Kier alpha value is -1.84. The van der Waals surface area contributed by atoms with Crippen LogP contribution in [0.25, 0.3) is 0 Å². The number of piperidine rings is 1. The van der Waals surface area contributed by atoms with E-state index in [2.05, 4.69) is 46.0 Å². The van der Waals surface area contributed by atoms with Gasteiger partial charge in [-0.05, 0) is 90.9 Å². The third-order valence-corrected chi connectivity index (χ3v) is 10.6. The van der Waals surface area contributed by atoms with Crippen molar-refractivity contribution in [3.05, 3.63) is 29.8 Å². The summed E-state index contributed by atoms with van der Waals surface area (Å²) in [4.78, 5) is 25.2. The Bertz CT molecular complexity index is 964. The van der Waals surface area contributed by atoms with E-state index in [9.17, 15) is 9.59 Å². The van der Waals surface area contributed by atoms with Gasteiger partial charge in [0.2, 0.25) is 5.91 Å². The fraction of sp³-hybridized carbons (Fsp3) is 0.733. The van der Waals surface area contributed by atoms with E-state index in [4.69, 9.17) is 4.74 Å². The van der Waals surface area contributed by atoms with Crippen LogP contribution in [0, 0.1) is 34.5 Å². The molecular weight excluding hydrogens is 422 g/mol. The standard InChI is InChI=1S/C30H43NO3/c1-28(2,3)23-8-6-7-9-24(23)34-27(33)18-19-10-12-21-20-11-13-25-30(5,17-15-26(32)31-25)22(20)14-16-29(19,21)4/h6-9,19-22,25H,10-18H2,1-5H3,(H,31,32)/t19-,20+,21+,22+,25-,29-,30-/m1/s1. The van der Waals surface area contributed by atoms with E-state index >= 15 is 0 Å². The molecule has 5 rings (SSSR count). The summed E-state index contributed by atoms with van der Waals surface area (Å²) in [6.45, 7) is 11.4. The Labute approximate surface area is 205 Å². The van der Waals surface area contributed by atoms with Gasteiger partial charge < -0.3 is 10.1 Å². The molecule has 4 heteroatoms. The molecule has 4 fully saturated rings. The minimum Gasteiger partial charge on any atom is -0.426 e. The van der Waals surface area contributed by atoms with Crippen molar-refractivity contribution >= 4 is 11.9 Å². The van der Waals surface area contributed by atoms with E-state index in [-0.39, 0.29) is 28.1 Å².